The summed E-state index contributed by atoms with van der Waals surface area (Å²) < 4.78 is 23.4. The number of carbonyl (C=O) groups is 3. The molecule has 1 aromatic carbocycles. The lowest BCUT2D eigenvalue weighted by Crippen LogP contribution is -2.57. The summed E-state index contributed by atoms with van der Waals surface area (Å²) in [6, 6.07) is 4.20. The van der Waals surface area contributed by atoms with Crippen molar-refractivity contribution in [3.05, 3.63) is 29.5 Å². The Morgan fingerprint density at radius 2 is 1.95 bits per heavy atom. The van der Waals surface area contributed by atoms with Gasteiger partial charge < -0.3 is 29.2 Å². The number of pyridine rings is 1. The van der Waals surface area contributed by atoms with Crippen molar-refractivity contribution in [2.45, 2.75) is 102 Å². The molecule has 4 heterocycles. The minimum Gasteiger partial charge on any atom is -0.497 e. The molecule has 43 heavy (non-hydrogen) atoms. The highest BCUT2D eigenvalue weighted by Gasteiger charge is 2.55. The van der Waals surface area contributed by atoms with Gasteiger partial charge in [0.25, 0.3) is 0 Å². The topological polar surface area (TPSA) is 116 Å². The second-order valence-corrected chi connectivity index (χ2v) is 13.7. The summed E-state index contributed by atoms with van der Waals surface area (Å²) in [5, 5.41) is 3.85. The fraction of sp³-hybridized carbons (Fsp3) is 0.636. The molecule has 1 saturated heterocycles. The molecule has 10 nitrogen and oxygen atoms in total. The SMILES string of the molecule is COC(=O)[C@@H]1C[C@]23CCc4c(c(nc5ccc(OC)cc45)CCCCC[C@@H]4C[C@H]4OC(=O)N[C@@H](C(C)(C)C)C(=O)N1C2)O3. The average Bonchev–Trinajstić information content (AvgIpc) is 3.61. The van der Waals surface area contributed by atoms with Crippen LogP contribution >= 0.6 is 0 Å². The van der Waals surface area contributed by atoms with E-state index in [1.807, 2.05) is 39.0 Å². The summed E-state index contributed by atoms with van der Waals surface area (Å²) in [5.41, 5.74) is 1.50. The van der Waals surface area contributed by atoms with Crippen molar-refractivity contribution in [3.8, 4) is 11.5 Å². The third-order valence-electron chi connectivity index (χ3n) is 9.61. The summed E-state index contributed by atoms with van der Waals surface area (Å²) in [6.45, 7) is 5.89. The van der Waals surface area contributed by atoms with Gasteiger partial charge in [-0.2, -0.15) is 0 Å². The molecule has 1 aromatic heterocycles. The van der Waals surface area contributed by atoms with Crippen molar-refractivity contribution in [3.63, 3.8) is 0 Å². The molecule has 0 unspecified atom stereocenters. The van der Waals surface area contributed by atoms with E-state index in [4.69, 9.17) is 23.9 Å². The molecule has 5 atom stereocenters. The van der Waals surface area contributed by atoms with Gasteiger partial charge >= 0.3 is 12.1 Å². The van der Waals surface area contributed by atoms with Gasteiger partial charge in [0.15, 0.2) is 0 Å². The van der Waals surface area contributed by atoms with E-state index in [2.05, 4.69) is 5.32 Å². The van der Waals surface area contributed by atoms with E-state index in [-0.39, 0.29) is 18.6 Å². The molecule has 1 saturated carbocycles. The van der Waals surface area contributed by atoms with Gasteiger partial charge in [0.05, 0.1) is 32.0 Å². The van der Waals surface area contributed by atoms with E-state index in [1.54, 1.807) is 12.0 Å². The normalized spacial score (nSPS) is 29.4. The number of nitrogens with zero attached hydrogens (tertiary/aromatic N) is 2. The maximum Gasteiger partial charge on any atom is 0.408 e. The zero-order valence-corrected chi connectivity index (χ0v) is 25.9. The first kappa shape index (κ1) is 29.5. The average molecular weight is 594 g/mol. The van der Waals surface area contributed by atoms with Crippen molar-refractivity contribution in [2.24, 2.45) is 11.3 Å². The van der Waals surface area contributed by atoms with Gasteiger partial charge in [-0.25, -0.2) is 14.6 Å². The highest BCUT2D eigenvalue weighted by atomic mass is 16.6. The fourth-order valence-electron chi connectivity index (χ4n) is 7.06. The first-order valence-corrected chi connectivity index (χ1v) is 15.6. The van der Waals surface area contributed by atoms with Crippen LogP contribution in [0.5, 0.6) is 11.5 Å². The number of aryl methyl sites for hydroxylation is 2. The van der Waals surface area contributed by atoms with Gasteiger partial charge in [-0.15, -0.1) is 0 Å². The van der Waals surface area contributed by atoms with Crippen LogP contribution < -0.4 is 14.8 Å². The second kappa shape index (κ2) is 11.2. The van der Waals surface area contributed by atoms with Crippen molar-refractivity contribution in [2.75, 3.05) is 20.8 Å². The summed E-state index contributed by atoms with van der Waals surface area (Å²) in [5.74, 6) is 1.03. The third kappa shape index (κ3) is 5.72. The smallest absolute Gasteiger partial charge is 0.408 e. The Bertz CT molecular complexity index is 1440. The van der Waals surface area contributed by atoms with E-state index >= 15 is 0 Å². The number of methoxy groups -OCH3 is 2. The number of fused-ring (bicyclic) bond motifs is 4. The van der Waals surface area contributed by atoms with Crippen LogP contribution in [0.1, 0.15) is 77.0 Å². The minimum atomic E-state index is -0.900. The highest BCUT2D eigenvalue weighted by molar-refractivity contribution is 5.91. The van der Waals surface area contributed by atoms with Gasteiger partial charge in [-0.1, -0.05) is 33.6 Å². The highest BCUT2D eigenvalue weighted by Crippen LogP contribution is 2.46. The molecule has 2 fully saturated rings. The summed E-state index contributed by atoms with van der Waals surface area (Å²) in [4.78, 5) is 47.0. The van der Waals surface area contributed by atoms with Crippen molar-refractivity contribution in [1.82, 2.24) is 15.2 Å². The van der Waals surface area contributed by atoms with E-state index in [0.29, 0.717) is 25.2 Å². The number of nitrogens with one attached hydrogen (secondary N) is 1. The molecule has 232 valence electrons. The van der Waals surface area contributed by atoms with Gasteiger partial charge in [-0.3, -0.25) is 4.79 Å². The van der Waals surface area contributed by atoms with E-state index in [9.17, 15) is 14.4 Å². The number of amides is 2. The number of carbonyl (C=O) groups excluding carboxylic acids is 3. The van der Waals surface area contributed by atoms with Crippen molar-refractivity contribution >= 4 is 28.9 Å². The largest absolute Gasteiger partial charge is 0.497 e. The Morgan fingerprint density at radius 1 is 1.14 bits per heavy atom. The number of rotatable bonds is 2. The van der Waals surface area contributed by atoms with Crippen LogP contribution in [0.2, 0.25) is 0 Å². The summed E-state index contributed by atoms with van der Waals surface area (Å²) >= 11 is 0. The van der Waals surface area contributed by atoms with Crippen LogP contribution in [0, 0.1) is 11.3 Å². The number of hydrogen-bond donors (Lipinski definition) is 1. The Labute approximate surface area is 252 Å². The molecule has 10 heteroatoms. The predicted octanol–water partition coefficient (Wildman–Crippen LogP) is 4.73. The molecule has 1 aliphatic carbocycles. The first-order valence-electron chi connectivity index (χ1n) is 15.6. The first-order chi connectivity index (χ1) is 20.5. The maximum absolute atomic E-state index is 14.2. The maximum atomic E-state index is 14.2. The Balaban J connectivity index is 1.41. The third-order valence-corrected chi connectivity index (χ3v) is 9.61. The van der Waals surface area contributed by atoms with E-state index in [1.165, 1.54) is 7.11 Å². The monoisotopic (exact) mass is 593 g/mol. The number of aromatic nitrogens is 1. The Hall–Kier alpha value is -3.56. The number of benzene rings is 1. The Kier molecular flexibility index (Phi) is 7.67. The second-order valence-electron chi connectivity index (χ2n) is 13.7. The Morgan fingerprint density at radius 3 is 2.70 bits per heavy atom. The van der Waals surface area contributed by atoms with Crippen LogP contribution in [-0.2, 0) is 31.9 Å². The summed E-state index contributed by atoms with van der Waals surface area (Å²) in [6.07, 6.45) is 6.56. The standard InChI is InChI=1S/C33H43N3O7/c1-32(2,3)28-29(37)36-18-33(17-25(36)30(38)41-5)14-13-21-22-16-20(40-4)11-12-23(22)34-24(27(21)43-33)10-8-6-7-9-19-15-26(19)42-31(39)35-28/h11-12,16,19,25-26,28H,6-10,13-15,17-18H2,1-5H3,(H,35,39)/t19-,25+,26-,28-,33-/m1/s1. The van der Waals surface area contributed by atoms with Crippen LogP contribution in [0.25, 0.3) is 10.9 Å². The van der Waals surface area contributed by atoms with E-state index in [0.717, 1.165) is 72.2 Å². The molecular formula is C33H43N3O7. The van der Waals surface area contributed by atoms with Crippen LogP contribution in [-0.4, -0.2) is 72.4 Å². The van der Waals surface area contributed by atoms with Gasteiger partial charge in [0.2, 0.25) is 5.91 Å². The number of ether oxygens (including phenoxy) is 4. The number of alkyl carbamates (subject to hydrolysis) is 1. The molecule has 1 spiro atoms. The molecule has 6 rings (SSSR count). The lowest BCUT2D eigenvalue weighted by molar-refractivity contribution is -0.152. The molecule has 1 N–H and O–H groups in total. The molecule has 2 aromatic rings. The number of hydrogen-bond acceptors (Lipinski definition) is 8. The van der Waals surface area contributed by atoms with Crippen LogP contribution in [0.3, 0.4) is 0 Å². The zero-order valence-electron chi connectivity index (χ0n) is 25.9. The molecule has 4 aliphatic rings. The zero-order chi connectivity index (χ0) is 30.5. The molecule has 2 amide bonds. The van der Waals surface area contributed by atoms with Crippen LogP contribution in [0.15, 0.2) is 18.2 Å². The molecular weight excluding hydrogens is 550 g/mol. The van der Waals surface area contributed by atoms with E-state index < -0.39 is 35.2 Å². The minimum absolute atomic E-state index is 0.121. The van der Waals surface area contributed by atoms with Gasteiger partial charge in [-0.05, 0) is 68.1 Å². The van der Waals surface area contributed by atoms with Crippen LogP contribution in [0.4, 0.5) is 4.79 Å². The van der Waals surface area contributed by atoms with Gasteiger partial charge in [0.1, 0.15) is 35.3 Å². The predicted molar refractivity (Wildman–Crippen MR) is 159 cm³/mol. The quantitative estimate of drug-likeness (QED) is 0.497. The van der Waals surface area contributed by atoms with Crippen molar-refractivity contribution < 1.29 is 33.3 Å². The molecule has 3 aliphatic heterocycles. The lowest BCUT2D eigenvalue weighted by atomic mass is 9.85. The fourth-order valence-corrected chi connectivity index (χ4v) is 7.06. The number of esters is 1. The molecule has 0 radical (unpaired) electrons. The summed E-state index contributed by atoms with van der Waals surface area (Å²) in [7, 11) is 2.99. The lowest BCUT2D eigenvalue weighted by Gasteiger charge is -2.38. The molecule has 3 bridgehead atoms. The van der Waals surface area contributed by atoms with Crippen molar-refractivity contribution in [1.29, 1.82) is 0 Å². The van der Waals surface area contributed by atoms with Gasteiger partial charge in [0, 0.05) is 17.4 Å².